The third-order valence-electron chi connectivity index (χ3n) is 3.62. The molecule has 110 valence electrons. The number of nitrogens with one attached hydrogen (secondary N) is 1. The van der Waals surface area contributed by atoms with Crippen molar-refractivity contribution >= 4 is 27.9 Å². The lowest BCUT2D eigenvalue weighted by Gasteiger charge is -2.04. The highest BCUT2D eigenvalue weighted by atomic mass is 16.3. The van der Waals surface area contributed by atoms with Crippen molar-refractivity contribution in [3.05, 3.63) is 48.5 Å². The van der Waals surface area contributed by atoms with Crippen molar-refractivity contribution in [1.29, 1.82) is 0 Å². The summed E-state index contributed by atoms with van der Waals surface area (Å²) in [5.41, 5.74) is 3.56. The van der Waals surface area contributed by atoms with E-state index in [2.05, 4.69) is 20.4 Å². The molecule has 0 bridgehead atoms. The van der Waals surface area contributed by atoms with Crippen LogP contribution < -0.4 is 5.32 Å². The third kappa shape index (κ3) is 2.18. The molecule has 3 aromatic heterocycles. The number of aryl methyl sites for hydroxylation is 1. The fraction of sp³-hybridized carbons (Fsp3) is 0.188. The van der Waals surface area contributed by atoms with E-state index in [1.54, 1.807) is 11.0 Å². The summed E-state index contributed by atoms with van der Waals surface area (Å²) in [5.74, 6) is 0.727. The second-order valence-electron chi connectivity index (χ2n) is 5.20. The molecule has 22 heavy (non-hydrogen) atoms. The first-order chi connectivity index (χ1) is 10.8. The smallest absolute Gasteiger partial charge is 0.196 e. The Kier molecular flexibility index (Phi) is 3.00. The first kappa shape index (κ1) is 12.8. The molecule has 0 atom stereocenters. The van der Waals surface area contributed by atoms with Crippen molar-refractivity contribution in [3.63, 3.8) is 0 Å². The zero-order chi connectivity index (χ0) is 14.9. The van der Waals surface area contributed by atoms with Crippen molar-refractivity contribution in [2.45, 2.75) is 6.42 Å². The molecule has 3 heterocycles. The number of hydrogen-bond acceptors (Lipinski definition) is 5. The number of nitrogens with zero attached hydrogens (tertiary/aromatic N) is 4. The van der Waals surface area contributed by atoms with Crippen LogP contribution in [0.25, 0.3) is 22.1 Å². The van der Waals surface area contributed by atoms with Gasteiger partial charge in [0.25, 0.3) is 0 Å². The zero-order valence-electron chi connectivity index (χ0n) is 12.2. The minimum atomic E-state index is 0.704. The largest absolute Gasteiger partial charge is 0.450 e. The molecule has 0 aliphatic heterocycles. The minimum Gasteiger partial charge on any atom is -0.450 e. The number of furan rings is 1. The number of hydrogen-bond donors (Lipinski definition) is 1. The summed E-state index contributed by atoms with van der Waals surface area (Å²) in [6, 6.07) is 7.88. The van der Waals surface area contributed by atoms with E-state index >= 15 is 0 Å². The van der Waals surface area contributed by atoms with Crippen LogP contribution in [0.3, 0.4) is 0 Å². The molecule has 6 nitrogen and oxygen atoms in total. The summed E-state index contributed by atoms with van der Waals surface area (Å²) in [6.07, 6.45) is 6.33. The van der Waals surface area contributed by atoms with Gasteiger partial charge in [-0.1, -0.05) is 12.1 Å². The number of anilines is 1. The predicted molar refractivity (Wildman–Crippen MR) is 84.7 cm³/mol. The van der Waals surface area contributed by atoms with Gasteiger partial charge in [0.2, 0.25) is 0 Å². The van der Waals surface area contributed by atoms with Crippen molar-refractivity contribution in [2.24, 2.45) is 7.05 Å². The zero-order valence-corrected chi connectivity index (χ0v) is 12.2. The van der Waals surface area contributed by atoms with Gasteiger partial charge in [0.1, 0.15) is 17.4 Å². The number of benzene rings is 1. The molecule has 0 saturated heterocycles. The highest BCUT2D eigenvalue weighted by Gasteiger charge is 2.12. The molecule has 4 aromatic rings. The van der Waals surface area contributed by atoms with E-state index in [4.69, 9.17) is 4.42 Å². The second-order valence-corrected chi connectivity index (χ2v) is 5.20. The maximum atomic E-state index is 5.89. The SMILES string of the molecule is Cn1cc(CCNc2ncnc3c2oc2ccccc23)cn1. The van der Waals surface area contributed by atoms with Crippen LogP contribution >= 0.6 is 0 Å². The van der Waals surface area contributed by atoms with E-state index in [0.717, 1.165) is 35.3 Å². The quantitative estimate of drug-likeness (QED) is 0.626. The van der Waals surface area contributed by atoms with Crippen molar-refractivity contribution in [3.8, 4) is 0 Å². The van der Waals surface area contributed by atoms with E-state index in [9.17, 15) is 0 Å². The fourth-order valence-electron chi connectivity index (χ4n) is 2.58. The molecule has 1 aromatic carbocycles. The van der Waals surface area contributed by atoms with Gasteiger partial charge in [-0.2, -0.15) is 5.10 Å². The lowest BCUT2D eigenvalue weighted by atomic mass is 10.2. The van der Waals surface area contributed by atoms with E-state index in [1.165, 1.54) is 5.56 Å². The van der Waals surface area contributed by atoms with Crippen LogP contribution in [0.4, 0.5) is 5.82 Å². The van der Waals surface area contributed by atoms with Crippen LogP contribution in [-0.2, 0) is 13.5 Å². The lowest BCUT2D eigenvalue weighted by molar-refractivity contribution is 0.666. The molecule has 4 rings (SSSR count). The Morgan fingerprint density at radius 2 is 2.14 bits per heavy atom. The summed E-state index contributed by atoms with van der Waals surface area (Å²) in [7, 11) is 1.92. The Morgan fingerprint density at radius 3 is 3.00 bits per heavy atom. The van der Waals surface area contributed by atoms with Crippen LogP contribution in [0.15, 0.2) is 47.4 Å². The Labute approximate surface area is 126 Å². The fourth-order valence-corrected chi connectivity index (χ4v) is 2.58. The van der Waals surface area contributed by atoms with Crippen LogP contribution in [0.5, 0.6) is 0 Å². The molecular formula is C16H15N5O. The Bertz CT molecular complexity index is 940. The Morgan fingerprint density at radius 1 is 1.23 bits per heavy atom. The highest BCUT2D eigenvalue weighted by molar-refractivity contribution is 6.05. The molecular weight excluding hydrogens is 278 g/mol. The van der Waals surface area contributed by atoms with E-state index in [-0.39, 0.29) is 0 Å². The first-order valence-corrected chi connectivity index (χ1v) is 7.15. The van der Waals surface area contributed by atoms with Gasteiger partial charge < -0.3 is 9.73 Å². The average Bonchev–Trinajstić information content (AvgIpc) is 3.11. The summed E-state index contributed by atoms with van der Waals surface area (Å²) in [6.45, 7) is 0.759. The molecule has 6 heteroatoms. The normalized spacial score (nSPS) is 11.3. The molecule has 0 spiro atoms. The number of aromatic nitrogens is 4. The second kappa shape index (κ2) is 5.14. The van der Waals surface area contributed by atoms with Gasteiger partial charge in [0.15, 0.2) is 11.4 Å². The van der Waals surface area contributed by atoms with Crippen molar-refractivity contribution < 1.29 is 4.42 Å². The van der Waals surface area contributed by atoms with E-state index < -0.39 is 0 Å². The van der Waals surface area contributed by atoms with Crippen LogP contribution in [0.1, 0.15) is 5.56 Å². The van der Waals surface area contributed by atoms with Gasteiger partial charge in [0.05, 0.1) is 6.20 Å². The third-order valence-corrected chi connectivity index (χ3v) is 3.62. The molecule has 0 aliphatic carbocycles. The summed E-state index contributed by atoms with van der Waals surface area (Å²) in [4.78, 5) is 8.64. The van der Waals surface area contributed by atoms with Crippen LogP contribution in [0.2, 0.25) is 0 Å². The maximum Gasteiger partial charge on any atom is 0.196 e. The first-order valence-electron chi connectivity index (χ1n) is 7.15. The summed E-state index contributed by atoms with van der Waals surface area (Å²) >= 11 is 0. The van der Waals surface area contributed by atoms with Crippen molar-refractivity contribution in [2.75, 3.05) is 11.9 Å². The van der Waals surface area contributed by atoms with Crippen molar-refractivity contribution in [1.82, 2.24) is 19.7 Å². The van der Waals surface area contributed by atoms with Gasteiger partial charge in [-0.25, -0.2) is 9.97 Å². The topological polar surface area (TPSA) is 68.8 Å². The standard InChI is InChI=1S/C16H15N5O/c1-21-9-11(8-20-21)6-7-17-16-15-14(18-10-19-16)12-4-2-3-5-13(12)22-15/h2-5,8-10H,6-7H2,1H3,(H,17,18,19). The van der Waals surface area contributed by atoms with E-state index in [1.807, 2.05) is 43.7 Å². The van der Waals surface area contributed by atoms with E-state index in [0.29, 0.717) is 5.58 Å². The molecule has 0 amide bonds. The Balaban J connectivity index is 1.61. The lowest BCUT2D eigenvalue weighted by Crippen LogP contribution is -2.06. The predicted octanol–water partition coefficient (Wildman–Crippen LogP) is 2.76. The maximum absolute atomic E-state index is 5.89. The van der Waals surface area contributed by atoms with Gasteiger partial charge in [-0.05, 0) is 24.1 Å². The monoisotopic (exact) mass is 293 g/mol. The molecule has 0 aliphatic rings. The van der Waals surface area contributed by atoms with Gasteiger partial charge in [-0.15, -0.1) is 0 Å². The number of para-hydroxylation sites is 1. The summed E-state index contributed by atoms with van der Waals surface area (Å²) < 4.78 is 7.69. The molecule has 0 unspecified atom stereocenters. The summed E-state index contributed by atoms with van der Waals surface area (Å²) in [5, 5.41) is 8.50. The van der Waals surface area contributed by atoms with Crippen LogP contribution in [0, 0.1) is 0 Å². The highest BCUT2D eigenvalue weighted by Crippen LogP contribution is 2.30. The van der Waals surface area contributed by atoms with Gasteiger partial charge in [0, 0.05) is 25.2 Å². The minimum absolute atomic E-state index is 0.704. The molecule has 1 N–H and O–H groups in total. The molecule has 0 saturated carbocycles. The molecule has 0 radical (unpaired) electrons. The van der Waals surface area contributed by atoms with Gasteiger partial charge >= 0.3 is 0 Å². The van der Waals surface area contributed by atoms with Crippen LogP contribution in [-0.4, -0.2) is 26.3 Å². The molecule has 0 fully saturated rings. The van der Waals surface area contributed by atoms with Gasteiger partial charge in [-0.3, -0.25) is 4.68 Å². The Hall–Kier alpha value is -2.89. The number of fused-ring (bicyclic) bond motifs is 3. The average molecular weight is 293 g/mol. The number of rotatable bonds is 4.